The van der Waals surface area contributed by atoms with Crippen molar-refractivity contribution in [2.24, 2.45) is 5.16 Å². The van der Waals surface area contributed by atoms with Gasteiger partial charge in [-0.2, -0.15) is 0 Å². The van der Waals surface area contributed by atoms with Crippen molar-refractivity contribution in [1.82, 2.24) is 0 Å². The fourth-order valence-corrected chi connectivity index (χ4v) is 1.50. The average Bonchev–Trinajstić information content (AvgIpc) is 2.72. The summed E-state index contributed by atoms with van der Waals surface area (Å²) in [7, 11) is 0. The van der Waals surface area contributed by atoms with Crippen LogP contribution >= 0.6 is 0 Å². The summed E-state index contributed by atoms with van der Waals surface area (Å²) >= 11 is 0. The van der Waals surface area contributed by atoms with E-state index in [4.69, 9.17) is 14.3 Å². The number of hydrogen-bond donors (Lipinski definition) is 0. The molecule has 0 aliphatic carbocycles. The van der Waals surface area contributed by atoms with Crippen molar-refractivity contribution >= 4 is 5.71 Å². The van der Waals surface area contributed by atoms with E-state index in [1.54, 1.807) is 0 Å². The molecule has 4 heteroatoms. The molecular weight excluding hydrogens is 170 g/mol. The molecule has 0 amide bonds. The Kier molecular flexibility index (Phi) is 2.80. The number of oxime groups is 1. The highest BCUT2D eigenvalue weighted by Crippen LogP contribution is 2.13. The average molecular weight is 185 g/mol. The molecule has 0 aromatic heterocycles. The highest BCUT2D eigenvalue weighted by molar-refractivity contribution is 5.89. The van der Waals surface area contributed by atoms with Crippen LogP contribution in [0, 0.1) is 0 Å². The molecular formula is C9H15NO3. The topological polar surface area (TPSA) is 40.0 Å². The molecule has 0 aromatic carbocycles. The van der Waals surface area contributed by atoms with Crippen molar-refractivity contribution in [2.45, 2.75) is 32.0 Å². The van der Waals surface area contributed by atoms with Crippen LogP contribution in [0.4, 0.5) is 0 Å². The van der Waals surface area contributed by atoms with Crippen molar-refractivity contribution in [2.75, 3.05) is 19.8 Å². The van der Waals surface area contributed by atoms with Gasteiger partial charge in [0.05, 0.1) is 31.6 Å². The van der Waals surface area contributed by atoms with E-state index < -0.39 is 0 Å². The van der Waals surface area contributed by atoms with Gasteiger partial charge in [0.15, 0.2) is 6.10 Å². The first-order valence-electron chi connectivity index (χ1n) is 4.78. The van der Waals surface area contributed by atoms with E-state index >= 15 is 0 Å². The van der Waals surface area contributed by atoms with Gasteiger partial charge in [-0.05, 0) is 6.92 Å². The second-order valence-corrected chi connectivity index (χ2v) is 3.44. The molecule has 0 N–H and O–H groups in total. The van der Waals surface area contributed by atoms with E-state index in [-0.39, 0.29) is 12.2 Å². The zero-order valence-corrected chi connectivity index (χ0v) is 7.86. The zero-order chi connectivity index (χ0) is 9.10. The van der Waals surface area contributed by atoms with Crippen LogP contribution in [0.1, 0.15) is 19.8 Å². The van der Waals surface area contributed by atoms with Crippen molar-refractivity contribution in [3.8, 4) is 0 Å². The lowest BCUT2D eigenvalue weighted by molar-refractivity contribution is 0.0456. The van der Waals surface area contributed by atoms with Crippen LogP contribution in [0.5, 0.6) is 0 Å². The third-order valence-electron chi connectivity index (χ3n) is 2.40. The van der Waals surface area contributed by atoms with E-state index in [2.05, 4.69) is 5.16 Å². The first kappa shape index (κ1) is 8.97. The third kappa shape index (κ3) is 2.19. The van der Waals surface area contributed by atoms with Crippen molar-refractivity contribution in [3.05, 3.63) is 0 Å². The predicted molar refractivity (Wildman–Crippen MR) is 47.8 cm³/mol. The van der Waals surface area contributed by atoms with Crippen LogP contribution in [0.25, 0.3) is 0 Å². The molecule has 0 spiro atoms. The van der Waals surface area contributed by atoms with Crippen LogP contribution in [-0.4, -0.2) is 37.7 Å². The Bertz CT molecular complexity index is 199. The van der Waals surface area contributed by atoms with E-state index in [0.29, 0.717) is 6.61 Å². The Labute approximate surface area is 77.8 Å². The maximum absolute atomic E-state index is 5.34. The van der Waals surface area contributed by atoms with Crippen molar-refractivity contribution in [1.29, 1.82) is 0 Å². The highest BCUT2D eigenvalue weighted by Gasteiger charge is 2.21. The summed E-state index contributed by atoms with van der Waals surface area (Å²) in [6.45, 7) is 4.23. The third-order valence-corrected chi connectivity index (χ3v) is 2.40. The second-order valence-electron chi connectivity index (χ2n) is 3.44. The van der Waals surface area contributed by atoms with E-state index in [0.717, 1.165) is 31.8 Å². The zero-order valence-electron chi connectivity index (χ0n) is 7.86. The largest absolute Gasteiger partial charge is 0.390 e. The van der Waals surface area contributed by atoms with Crippen molar-refractivity contribution in [3.63, 3.8) is 0 Å². The predicted octanol–water partition coefficient (Wildman–Crippen LogP) is 0.957. The molecule has 13 heavy (non-hydrogen) atoms. The first-order chi connectivity index (χ1) is 6.36. The van der Waals surface area contributed by atoms with Gasteiger partial charge in [0.2, 0.25) is 0 Å². The fraction of sp³-hybridized carbons (Fsp3) is 0.889. The van der Waals surface area contributed by atoms with Crippen LogP contribution in [0.15, 0.2) is 5.16 Å². The highest BCUT2D eigenvalue weighted by atomic mass is 16.7. The molecule has 0 bridgehead atoms. The summed E-state index contributed by atoms with van der Waals surface area (Å²) in [5, 5.41) is 4.10. The summed E-state index contributed by atoms with van der Waals surface area (Å²) in [6.07, 6.45) is 2.13. The molecule has 4 nitrogen and oxygen atoms in total. The first-order valence-corrected chi connectivity index (χ1v) is 4.78. The van der Waals surface area contributed by atoms with Crippen LogP contribution in [0.2, 0.25) is 0 Å². The standard InChI is InChI=1S/C9H15NO3/c1-7-9(3-5-12-7)10-13-8-2-4-11-6-8/h7-8H,2-6H2,1H3/b10-9+. The molecule has 2 heterocycles. The summed E-state index contributed by atoms with van der Waals surface area (Å²) in [6, 6.07) is 0. The normalized spacial score (nSPS) is 37.2. The smallest absolute Gasteiger partial charge is 0.152 e. The van der Waals surface area contributed by atoms with Gasteiger partial charge in [-0.3, -0.25) is 0 Å². The van der Waals surface area contributed by atoms with Crippen LogP contribution < -0.4 is 0 Å². The fourth-order valence-electron chi connectivity index (χ4n) is 1.50. The van der Waals surface area contributed by atoms with E-state index in [1.165, 1.54) is 0 Å². The maximum Gasteiger partial charge on any atom is 0.152 e. The second kappa shape index (κ2) is 4.07. The number of ether oxygens (including phenoxy) is 2. The van der Waals surface area contributed by atoms with Crippen molar-refractivity contribution < 1.29 is 14.3 Å². The number of rotatable bonds is 2. The molecule has 2 rings (SSSR count). The molecule has 74 valence electrons. The van der Waals surface area contributed by atoms with Gasteiger partial charge in [-0.1, -0.05) is 5.16 Å². The molecule has 2 saturated heterocycles. The Morgan fingerprint density at radius 1 is 1.46 bits per heavy atom. The molecule has 2 unspecified atom stereocenters. The minimum atomic E-state index is 0.127. The minimum Gasteiger partial charge on any atom is -0.390 e. The monoisotopic (exact) mass is 185 g/mol. The Balaban J connectivity index is 1.81. The quantitative estimate of drug-likeness (QED) is 0.601. The lowest BCUT2D eigenvalue weighted by Gasteiger charge is -2.07. The van der Waals surface area contributed by atoms with E-state index in [1.807, 2.05) is 6.92 Å². The Morgan fingerprint density at radius 2 is 2.38 bits per heavy atom. The van der Waals surface area contributed by atoms with Crippen LogP contribution in [-0.2, 0) is 14.3 Å². The summed E-state index contributed by atoms with van der Waals surface area (Å²) < 4.78 is 10.5. The molecule has 0 radical (unpaired) electrons. The number of hydrogen-bond acceptors (Lipinski definition) is 4. The summed E-state index contributed by atoms with van der Waals surface area (Å²) in [5.41, 5.74) is 1.02. The van der Waals surface area contributed by atoms with Crippen LogP contribution in [0.3, 0.4) is 0 Å². The van der Waals surface area contributed by atoms with Gasteiger partial charge in [-0.25, -0.2) is 0 Å². The molecule has 0 aromatic rings. The lowest BCUT2D eigenvalue weighted by Crippen LogP contribution is -2.14. The van der Waals surface area contributed by atoms with Gasteiger partial charge in [0.25, 0.3) is 0 Å². The SMILES string of the molecule is CC1OCC/C1=N\OC1CCOC1. The van der Waals surface area contributed by atoms with E-state index in [9.17, 15) is 0 Å². The molecule has 0 saturated carbocycles. The maximum atomic E-state index is 5.34. The van der Waals surface area contributed by atoms with Gasteiger partial charge in [0.1, 0.15) is 0 Å². The summed E-state index contributed by atoms with van der Waals surface area (Å²) in [4.78, 5) is 5.34. The minimum absolute atomic E-state index is 0.127. The van der Waals surface area contributed by atoms with Gasteiger partial charge in [-0.15, -0.1) is 0 Å². The molecule has 2 fully saturated rings. The molecule has 2 atom stereocenters. The molecule has 2 aliphatic heterocycles. The lowest BCUT2D eigenvalue weighted by atomic mass is 10.2. The Morgan fingerprint density at radius 3 is 3.00 bits per heavy atom. The number of nitrogens with zero attached hydrogens (tertiary/aromatic N) is 1. The van der Waals surface area contributed by atoms with Gasteiger partial charge >= 0.3 is 0 Å². The van der Waals surface area contributed by atoms with Gasteiger partial charge < -0.3 is 14.3 Å². The molecule has 2 aliphatic rings. The van der Waals surface area contributed by atoms with Gasteiger partial charge in [0, 0.05) is 12.8 Å². The summed E-state index contributed by atoms with van der Waals surface area (Å²) in [5.74, 6) is 0. The Hall–Kier alpha value is -0.610.